The van der Waals surface area contributed by atoms with Gasteiger partial charge in [-0.15, -0.1) is 0 Å². The number of nitrogens with one attached hydrogen (secondary N) is 1. The SMILES string of the molecule is CCOC(=O)c1c(NC(=O)Cc2ccccc2)cc(Cl)n1-c1ccc(OC)cc1. The van der Waals surface area contributed by atoms with Crippen molar-refractivity contribution in [2.75, 3.05) is 19.0 Å². The Kier molecular flexibility index (Phi) is 6.57. The normalized spacial score (nSPS) is 10.4. The quantitative estimate of drug-likeness (QED) is 0.580. The molecule has 0 fully saturated rings. The summed E-state index contributed by atoms with van der Waals surface area (Å²) < 4.78 is 11.9. The number of rotatable bonds is 7. The summed E-state index contributed by atoms with van der Waals surface area (Å²) in [5.74, 6) is -0.165. The fraction of sp³-hybridized carbons (Fsp3) is 0.182. The molecule has 3 rings (SSSR count). The molecule has 0 aliphatic heterocycles. The number of esters is 1. The lowest BCUT2D eigenvalue weighted by Gasteiger charge is -2.12. The Labute approximate surface area is 174 Å². The van der Waals surface area contributed by atoms with Gasteiger partial charge in [0, 0.05) is 5.69 Å². The summed E-state index contributed by atoms with van der Waals surface area (Å²) in [6.45, 7) is 1.91. The zero-order chi connectivity index (χ0) is 20.8. The zero-order valence-electron chi connectivity index (χ0n) is 16.1. The second kappa shape index (κ2) is 9.30. The van der Waals surface area contributed by atoms with E-state index in [0.717, 1.165) is 5.56 Å². The van der Waals surface area contributed by atoms with Crippen molar-refractivity contribution in [2.45, 2.75) is 13.3 Å². The van der Waals surface area contributed by atoms with Gasteiger partial charge in [0.2, 0.25) is 5.91 Å². The van der Waals surface area contributed by atoms with E-state index in [-0.39, 0.29) is 29.8 Å². The van der Waals surface area contributed by atoms with Crippen molar-refractivity contribution in [1.29, 1.82) is 0 Å². The van der Waals surface area contributed by atoms with E-state index in [9.17, 15) is 9.59 Å². The number of methoxy groups -OCH3 is 1. The van der Waals surface area contributed by atoms with Crippen molar-refractivity contribution in [3.63, 3.8) is 0 Å². The first kappa shape index (κ1) is 20.5. The van der Waals surface area contributed by atoms with Crippen LogP contribution in [0.15, 0.2) is 60.7 Å². The van der Waals surface area contributed by atoms with Gasteiger partial charge >= 0.3 is 5.97 Å². The van der Waals surface area contributed by atoms with Crippen LogP contribution in [0, 0.1) is 0 Å². The third-order valence-electron chi connectivity index (χ3n) is 4.24. The third kappa shape index (κ3) is 4.78. The van der Waals surface area contributed by atoms with Crippen LogP contribution < -0.4 is 10.1 Å². The Morgan fingerprint density at radius 1 is 1.07 bits per heavy atom. The van der Waals surface area contributed by atoms with Crippen LogP contribution in [0.3, 0.4) is 0 Å². The predicted octanol–water partition coefficient (Wildman–Crippen LogP) is 4.50. The monoisotopic (exact) mass is 412 g/mol. The molecule has 1 aromatic heterocycles. The minimum atomic E-state index is -0.578. The molecule has 7 heteroatoms. The van der Waals surface area contributed by atoms with Crippen molar-refractivity contribution >= 4 is 29.2 Å². The van der Waals surface area contributed by atoms with Crippen LogP contribution in [0.25, 0.3) is 5.69 Å². The van der Waals surface area contributed by atoms with Crippen molar-refractivity contribution in [3.8, 4) is 11.4 Å². The highest BCUT2D eigenvalue weighted by atomic mass is 35.5. The Hall–Kier alpha value is -3.25. The van der Waals surface area contributed by atoms with E-state index in [1.54, 1.807) is 44.4 Å². The van der Waals surface area contributed by atoms with Gasteiger partial charge in [0.1, 0.15) is 10.9 Å². The van der Waals surface area contributed by atoms with Crippen LogP contribution in [0.1, 0.15) is 23.0 Å². The average molecular weight is 413 g/mol. The van der Waals surface area contributed by atoms with Crippen molar-refractivity contribution in [2.24, 2.45) is 0 Å². The van der Waals surface area contributed by atoms with Crippen molar-refractivity contribution in [3.05, 3.63) is 77.1 Å². The van der Waals surface area contributed by atoms with Gasteiger partial charge in [-0.1, -0.05) is 41.9 Å². The summed E-state index contributed by atoms with van der Waals surface area (Å²) in [6.07, 6.45) is 0.175. The second-order valence-corrected chi connectivity index (χ2v) is 6.58. The van der Waals surface area contributed by atoms with Crippen LogP contribution in [0.5, 0.6) is 5.75 Å². The highest BCUT2D eigenvalue weighted by Crippen LogP contribution is 2.31. The van der Waals surface area contributed by atoms with E-state index in [0.29, 0.717) is 17.1 Å². The number of amides is 1. The van der Waals surface area contributed by atoms with E-state index < -0.39 is 5.97 Å². The van der Waals surface area contributed by atoms with Gasteiger partial charge in [-0.05, 0) is 42.8 Å². The van der Waals surface area contributed by atoms with Gasteiger partial charge < -0.3 is 14.8 Å². The molecular formula is C22H21ClN2O4. The fourth-order valence-electron chi connectivity index (χ4n) is 2.93. The number of nitrogens with zero attached hydrogens (tertiary/aromatic N) is 1. The van der Waals surface area contributed by atoms with Gasteiger partial charge in [0.25, 0.3) is 0 Å². The number of ether oxygens (including phenoxy) is 2. The first-order valence-electron chi connectivity index (χ1n) is 9.10. The lowest BCUT2D eigenvalue weighted by atomic mass is 10.1. The van der Waals surface area contributed by atoms with Gasteiger partial charge in [0.05, 0.1) is 25.8 Å². The van der Waals surface area contributed by atoms with E-state index in [1.165, 1.54) is 4.57 Å². The lowest BCUT2D eigenvalue weighted by molar-refractivity contribution is -0.115. The molecule has 1 N–H and O–H groups in total. The number of halogens is 1. The highest BCUT2D eigenvalue weighted by molar-refractivity contribution is 6.31. The minimum absolute atomic E-state index is 0.156. The number of hydrogen-bond acceptors (Lipinski definition) is 4. The summed E-state index contributed by atoms with van der Waals surface area (Å²) in [5.41, 5.74) is 1.96. The molecule has 0 unspecified atom stereocenters. The van der Waals surface area contributed by atoms with E-state index >= 15 is 0 Å². The molecule has 3 aromatic rings. The Bertz CT molecular complexity index is 998. The molecule has 2 aromatic carbocycles. The Balaban J connectivity index is 1.96. The van der Waals surface area contributed by atoms with Gasteiger partial charge in [-0.3, -0.25) is 9.36 Å². The van der Waals surface area contributed by atoms with E-state index in [4.69, 9.17) is 21.1 Å². The van der Waals surface area contributed by atoms with Gasteiger partial charge in [-0.25, -0.2) is 4.79 Å². The first-order valence-corrected chi connectivity index (χ1v) is 9.47. The standard InChI is InChI=1S/C22H21ClN2O4/c1-3-29-22(27)21-18(24-20(26)13-15-7-5-4-6-8-15)14-19(23)25(21)16-9-11-17(28-2)12-10-16/h4-12,14H,3,13H2,1-2H3,(H,24,26). The number of benzene rings is 2. The van der Waals surface area contributed by atoms with Crippen molar-refractivity contribution in [1.82, 2.24) is 4.57 Å². The maximum atomic E-state index is 12.7. The molecule has 0 radical (unpaired) electrons. The van der Waals surface area contributed by atoms with Crippen LogP contribution in [-0.4, -0.2) is 30.2 Å². The average Bonchev–Trinajstić information content (AvgIpc) is 3.04. The maximum Gasteiger partial charge on any atom is 0.357 e. The maximum absolute atomic E-state index is 12.7. The van der Waals surface area contributed by atoms with Gasteiger partial charge in [0.15, 0.2) is 5.69 Å². The number of anilines is 1. The summed E-state index contributed by atoms with van der Waals surface area (Å²) in [6, 6.07) is 17.9. The van der Waals surface area contributed by atoms with Crippen LogP contribution >= 0.6 is 11.6 Å². The molecule has 0 aliphatic rings. The molecule has 0 bridgehead atoms. The molecule has 0 atom stereocenters. The number of carbonyl (C=O) groups is 2. The number of hydrogen-bond donors (Lipinski definition) is 1. The number of aromatic nitrogens is 1. The Morgan fingerprint density at radius 2 is 1.76 bits per heavy atom. The summed E-state index contributed by atoms with van der Waals surface area (Å²) >= 11 is 6.42. The molecule has 0 aliphatic carbocycles. The molecule has 0 spiro atoms. The van der Waals surface area contributed by atoms with Crippen LogP contribution in [0.4, 0.5) is 5.69 Å². The zero-order valence-corrected chi connectivity index (χ0v) is 16.9. The molecule has 1 heterocycles. The minimum Gasteiger partial charge on any atom is -0.497 e. The summed E-state index contributed by atoms with van der Waals surface area (Å²) in [4.78, 5) is 25.2. The Morgan fingerprint density at radius 3 is 2.38 bits per heavy atom. The molecule has 6 nitrogen and oxygen atoms in total. The highest BCUT2D eigenvalue weighted by Gasteiger charge is 2.24. The smallest absolute Gasteiger partial charge is 0.357 e. The summed E-state index contributed by atoms with van der Waals surface area (Å²) in [5, 5.41) is 3.05. The molecule has 0 saturated carbocycles. The molecule has 0 saturated heterocycles. The van der Waals surface area contributed by atoms with E-state index in [2.05, 4.69) is 5.32 Å². The van der Waals surface area contributed by atoms with E-state index in [1.807, 2.05) is 30.3 Å². The fourth-order valence-corrected chi connectivity index (χ4v) is 3.23. The predicted molar refractivity (Wildman–Crippen MR) is 112 cm³/mol. The molecule has 29 heavy (non-hydrogen) atoms. The molecule has 1 amide bonds. The first-order chi connectivity index (χ1) is 14.0. The second-order valence-electron chi connectivity index (χ2n) is 6.19. The third-order valence-corrected chi connectivity index (χ3v) is 4.51. The van der Waals surface area contributed by atoms with Crippen LogP contribution in [0.2, 0.25) is 5.15 Å². The molecular weight excluding hydrogens is 392 g/mol. The topological polar surface area (TPSA) is 69.6 Å². The van der Waals surface area contributed by atoms with Crippen LogP contribution in [-0.2, 0) is 16.0 Å². The summed E-state index contributed by atoms with van der Waals surface area (Å²) in [7, 11) is 1.57. The van der Waals surface area contributed by atoms with Gasteiger partial charge in [-0.2, -0.15) is 0 Å². The largest absolute Gasteiger partial charge is 0.497 e. The lowest BCUT2D eigenvalue weighted by Crippen LogP contribution is -2.18. The number of carbonyl (C=O) groups excluding carboxylic acids is 2. The molecule has 150 valence electrons. The van der Waals surface area contributed by atoms with Crippen molar-refractivity contribution < 1.29 is 19.1 Å².